The number of hydrogen-bond donors (Lipinski definition) is 2. The number of fused-ring (bicyclic) bond motifs is 2. The molecule has 0 aliphatic carbocycles. The summed E-state index contributed by atoms with van der Waals surface area (Å²) in [6.07, 6.45) is 4.84. The van der Waals surface area contributed by atoms with Gasteiger partial charge in [-0.3, -0.25) is 4.79 Å². The molecule has 0 saturated carbocycles. The molecular weight excluding hydrogens is 370 g/mol. The lowest BCUT2D eigenvalue weighted by atomic mass is 10.4. The van der Waals surface area contributed by atoms with Gasteiger partial charge in [-0.05, 0) is 34.6 Å². The third-order valence-electron chi connectivity index (χ3n) is 4.05. The van der Waals surface area contributed by atoms with Gasteiger partial charge in [0.05, 0.1) is 12.7 Å². The molecule has 0 aromatic carbocycles. The minimum absolute atomic E-state index is 0. The SMILES string of the molecule is C.C.CC(C)n1cnc2c(N)ncnc21.Cc1nc2c(ncn2C(C)C)c(=O)[nH]1. The number of hydrogen-bond acceptors (Lipinski definition) is 7. The number of anilines is 1. The van der Waals surface area contributed by atoms with Gasteiger partial charge in [0.1, 0.15) is 17.7 Å². The van der Waals surface area contributed by atoms with E-state index >= 15 is 0 Å². The predicted octanol–water partition coefficient (Wildman–Crippen LogP) is 3.27. The number of H-pyrrole nitrogens is 1. The lowest BCUT2D eigenvalue weighted by molar-refractivity contribution is 0.612. The van der Waals surface area contributed by atoms with E-state index in [1.807, 2.05) is 23.0 Å². The fourth-order valence-electron chi connectivity index (χ4n) is 2.66. The van der Waals surface area contributed by atoms with Crippen LogP contribution in [0.15, 0.2) is 23.8 Å². The zero-order valence-corrected chi connectivity index (χ0v) is 16.0. The number of imidazole rings is 2. The first-order valence-corrected chi connectivity index (χ1v) is 8.66. The first kappa shape index (κ1) is 23.7. The Balaban J connectivity index is 0.000000272. The number of aromatic nitrogens is 8. The van der Waals surface area contributed by atoms with E-state index in [0.717, 1.165) is 5.65 Å². The molecule has 0 fully saturated rings. The monoisotopic (exact) mass is 401 g/mol. The summed E-state index contributed by atoms with van der Waals surface area (Å²) in [5.41, 5.74) is 8.00. The van der Waals surface area contributed by atoms with Crippen molar-refractivity contribution in [2.75, 3.05) is 5.73 Å². The van der Waals surface area contributed by atoms with Crippen molar-refractivity contribution >= 4 is 28.1 Å². The molecule has 10 nitrogen and oxygen atoms in total. The molecule has 0 atom stereocenters. The largest absolute Gasteiger partial charge is 0.382 e. The number of aromatic amines is 1. The van der Waals surface area contributed by atoms with Gasteiger partial charge in [-0.25, -0.2) is 24.9 Å². The molecular formula is C19H31N9O. The van der Waals surface area contributed by atoms with Gasteiger partial charge in [-0.15, -0.1) is 0 Å². The fraction of sp³-hybridized carbons (Fsp3) is 0.474. The molecule has 0 aliphatic rings. The molecule has 29 heavy (non-hydrogen) atoms. The first-order valence-electron chi connectivity index (χ1n) is 8.66. The number of nitrogens with zero attached hydrogens (tertiary/aromatic N) is 7. The molecule has 4 rings (SSSR count). The highest BCUT2D eigenvalue weighted by atomic mass is 16.1. The summed E-state index contributed by atoms with van der Waals surface area (Å²) in [6.45, 7) is 9.95. The summed E-state index contributed by atoms with van der Waals surface area (Å²) < 4.78 is 3.85. The highest BCUT2D eigenvalue weighted by Crippen LogP contribution is 2.17. The van der Waals surface area contributed by atoms with E-state index in [4.69, 9.17) is 5.73 Å². The van der Waals surface area contributed by atoms with Gasteiger partial charge in [0.2, 0.25) is 0 Å². The van der Waals surface area contributed by atoms with Crippen molar-refractivity contribution in [1.29, 1.82) is 0 Å². The zero-order chi connectivity index (χ0) is 19.7. The Morgan fingerprint density at radius 2 is 1.45 bits per heavy atom. The summed E-state index contributed by atoms with van der Waals surface area (Å²) in [7, 11) is 0. The molecule has 0 spiro atoms. The van der Waals surface area contributed by atoms with Crippen LogP contribution in [0.3, 0.4) is 0 Å². The third kappa shape index (κ3) is 4.58. The molecule has 0 amide bonds. The Kier molecular flexibility index (Phi) is 7.58. The standard InChI is InChI=1S/C9H12N4O.C8H11N5.2CH4/c1-5(2)13-4-10-7-8(13)11-6(3)12-9(7)14;1-5(2)13-4-12-6-7(9)10-3-11-8(6)13;;/h4-5H,1-3H3,(H,11,12,14);3-5H,1-2H3,(H2,9,10,11);2*1H4. The average Bonchev–Trinajstić information content (AvgIpc) is 3.20. The van der Waals surface area contributed by atoms with Crippen molar-refractivity contribution in [3.63, 3.8) is 0 Å². The van der Waals surface area contributed by atoms with Gasteiger partial charge in [0.25, 0.3) is 5.56 Å². The lowest BCUT2D eigenvalue weighted by Crippen LogP contribution is -2.11. The smallest absolute Gasteiger partial charge is 0.279 e. The predicted molar refractivity (Wildman–Crippen MR) is 117 cm³/mol. The van der Waals surface area contributed by atoms with Gasteiger partial charge in [0, 0.05) is 12.1 Å². The lowest BCUT2D eigenvalue weighted by Gasteiger charge is -2.06. The molecule has 4 aromatic heterocycles. The maximum atomic E-state index is 11.5. The van der Waals surface area contributed by atoms with Crippen LogP contribution in [0.2, 0.25) is 0 Å². The van der Waals surface area contributed by atoms with Crippen LogP contribution in [0.25, 0.3) is 22.3 Å². The summed E-state index contributed by atoms with van der Waals surface area (Å²) in [4.78, 5) is 34.5. The van der Waals surface area contributed by atoms with E-state index in [2.05, 4.69) is 43.8 Å². The minimum atomic E-state index is -0.174. The summed E-state index contributed by atoms with van der Waals surface area (Å²) in [5.74, 6) is 1.05. The van der Waals surface area contributed by atoms with Gasteiger partial charge in [0.15, 0.2) is 22.6 Å². The molecule has 0 radical (unpaired) electrons. The fourth-order valence-corrected chi connectivity index (χ4v) is 2.66. The van der Waals surface area contributed by atoms with E-state index in [-0.39, 0.29) is 26.5 Å². The topological polar surface area (TPSA) is 133 Å². The van der Waals surface area contributed by atoms with Crippen molar-refractivity contribution in [3.8, 4) is 0 Å². The van der Waals surface area contributed by atoms with Crippen LogP contribution < -0.4 is 11.3 Å². The Labute approximate surface area is 170 Å². The summed E-state index contributed by atoms with van der Waals surface area (Å²) >= 11 is 0. The van der Waals surface area contributed by atoms with E-state index < -0.39 is 0 Å². The van der Waals surface area contributed by atoms with Crippen molar-refractivity contribution in [2.24, 2.45) is 0 Å². The Bertz CT molecular complexity index is 1140. The number of aryl methyl sites for hydroxylation is 1. The van der Waals surface area contributed by atoms with Crippen LogP contribution in [0, 0.1) is 6.92 Å². The zero-order valence-electron chi connectivity index (χ0n) is 16.0. The molecule has 10 heteroatoms. The van der Waals surface area contributed by atoms with Crippen molar-refractivity contribution in [3.05, 3.63) is 35.2 Å². The molecule has 0 bridgehead atoms. The maximum Gasteiger partial charge on any atom is 0.279 e. The third-order valence-corrected chi connectivity index (χ3v) is 4.05. The highest BCUT2D eigenvalue weighted by Gasteiger charge is 2.10. The second kappa shape index (κ2) is 9.26. The molecule has 158 valence electrons. The first-order chi connectivity index (χ1) is 12.8. The number of rotatable bonds is 2. The highest BCUT2D eigenvalue weighted by molar-refractivity contribution is 5.81. The van der Waals surface area contributed by atoms with Crippen LogP contribution >= 0.6 is 0 Å². The molecule has 0 aliphatic heterocycles. The Morgan fingerprint density at radius 3 is 2.03 bits per heavy atom. The van der Waals surface area contributed by atoms with Crippen LogP contribution in [0.5, 0.6) is 0 Å². The summed E-state index contributed by atoms with van der Waals surface area (Å²) in [6, 6.07) is 0.591. The maximum absolute atomic E-state index is 11.5. The number of nitrogen functional groups attached to an aromatic ring is 1. The molecule has 0 saturated heterocycles. The van der Waals surface area contributed by atoms with E-state index in [9.17, 15) is 4.79 Å². The molecule has 3 N–H and O–H groups in total. The van der Waals surface area contributed by atoms with Crippen molar-refractivity contribution < 1.29 is 0 Å². The van der Waals surface area contributed by atoms with Crippen LogP contribution in [0.1, 0.15) is 60.5 Å². The quantitative estimate of drug-likeness (QED) is 0.526. The van der Waals surface area contributed by atoms with Gasteiger partial charge in [-0.1, -0.05) is 14.9 Å². The van der Waals surface area contributed by atoms with E-state index in [1.54, 1.807) is 19.6 Å². The number of nitrogens with one attached hydrogen (secondary N) is 1. The molecule has 0 unspecified atom stereocenters. The van der Waals surface area contributed by atoms with Crippen molar-refractivity contribution in [2.45, 2.75) is 61.6 Å². The Hall–Kier alpha value is -3.30. The van der Waals surface area contributed by atoms with Gasteiger partial charge in [-0.2, -0.15) is 0 Å². The molecule has 4 heterocycles. The van der Waals surface area contributed by atoms with E-state index in [1.165, 1.54) is 6.33 Å². The van der Waals surface area contributed by atoms with E-state index in [0.29, 0.717) is 34.4 Å². The normalized spacial score (nSPS) is 10.6. The van der Waals surface area contributed by atoms with Crippen LogP contribution in [-0.4, -0.2) is 39.0 Å². The number of nitrogens with two attached hydrogens (primary N) is 1. The van der Waals surface area contributed by atoms with Crippen LogP contribution in [0.4, 0.5) is 5.82 Å². The minimum Gasteiger partial charge on any atom is -0.382 e. The summed E-state index contributed by atoms with van der Waals surface area (Å²) in [5, 5.41) is 0. The second-order valence-corrected chi connectivity index (χ2v) is 6.75. The van der Waals surface area contributed by atoms with Gasteiger partial charge >= 0.3 is 0 Å². The van der Waals surface area contributed by atoms with Gasteiger partial charge < -0.3 is 19.9 Å². The van der Waals surface area contributed by atoms with Crippen molar-refractivity contribution in [1.82, 2.24) is 39.0 Å². The second-order valence-electron chi connectivity index (χ2n) is 6.75. The Morgan fingerprint density at radius 1 is 0.897 bits per heavy atom. The average molecular weight is 402 g/mol. The molecule has 4 aromatic rings. The van der Waals surface area contributed by atoms with Crippen LogP contribution in [-0.2, 0) is 0 Å².